The van der Waals surface area contributed by atoms with Crippen LogP contribution >= 0.6 is 11.6 Å². The van der Waals surface area contributed by atoms with Crippen molar-refractivity contribution < 1.29 is 34.3 Å². The van der Waals surface area contributed by atoms with Crippen LogP contribution in [0, 0.1) is 0 Å². The molecule has 1 saturated heterocycles. The van der Waals surface area contributed by atoms with Crippen LogP contribution in [0.25, 0.3) is 0 Å². The minimum absolute atomic E-state index is 0.280. The zero-order chi connectivity index (χ0) is 19.4. The highest BCUT2D eigenvalue weighted by Crippen LogP contribution is 2.24. The van der Waals surface area contributed by atoms with E-state index in [2.05, 4.69) is 0 Å². The first kappa shape index (κ1) is 19.6. The van der Waals surface area contributed by atoms with Crippen LogP contribution in [-0.2, 0) is 9.47 Å². The topological polar surface area (TPSA) is 105 Å². The first-order valence-electron chi connectivity index (χ1n) is 8.30. The molecular weight excluding hydrogens is 376 g/mol. The first-order valence-corrected chi connectivity index (χ1v) is 8.67. The third kappa shape index (κ3) is 4.77. The van der Waals surface area contributed by atoms with Gasteiger partial charge in [0.2, 0.25) is 6.29 Å². The number of aliphatic hydroxyl groups excluding tert-OH is 3. The van der Waals surface area contributed by atoms with Crippen molar-refractivity contribution in [3.8, 4) is 5.75 Å². The summed E-state index contributed by atoms with van der Waals surface area (Å²) in [7, 11) is 0. The molecule has 0 unspecified atom stereocenters. The molecule has 1 aliphatic heterocycles. The molecule has 2 aromatic rings. The van der Waals surface area contributed by atoms with E-state index in [1.54, 1.807) is 42.5 Å². The van der Waals surface area contributed by atoms with Gasteiger partial charge in [0.1, 0.15) is 36.8 Å². The Morgan fingerprint density at radius 2 is 1.63 bits per heavy atom. The van der Waals surface area contributed by atoms with Gasteiger partial charge < -0.3 is 29.5 Å². The molecule has 0 bridgehead atoms. The molecule has 1 aliphatic rings. The predicted octanol–water partition coefficient (Wildman–Crippen LogP) is 1.38. The Morgan fingerprint density at radius 1 is 0.963 bits per heavy atom. The number of rotatable bonds is 5. The van der Waals surface area contributed by atoms with Gasteiger partial charge in [-0.25, -0.2) is 4.79 Å². The lowest BCUT2D eigenvalue weighted by atomic mass is 9.99. The van der Waals surface area contributed by atoms with E-state index in [0.29, 0.717) is 10.8 Å². The van der Waals surface area contributed by atoms with Gasteiger partial charge in [-0.3, -0.25) is 0 Å². The van der Waals surface area contributed by atoms with Crippen LogP contribution in [0.2, 0.25) is 5.02 Å². The molecule has 7 nitrogen and oxygen atoms in total. The summed E-state index contributed by atoms with van der Waals surface area (Å²) >= 11 is 5.78. The van der Waals surface area contributed by atoms with Gasteiger partial charge in [-0.15, -0.1) is 0 Å². The fourth-order valence-electron chi connectivity index (χ4n) is 2.61. The zero-order valence-corrected chi connectivity index (χ0v) is 14.9. The fraction of sp³-hybridized carbons (Fsp3) is 0.316. The van der Waals surface area contributed by atoms with Crippen molar-refractivity contribution in [2.24, 2.45) is 0 Å². The van der Waals surface area contributed by atoms with E-state index in [1.807, 2.05) is 0 Å². The number of hydrogen-bond acceptors (Lipinski definition) is 7. The number of carbonyl (C=O) groups excluding carboxylic acids is 1. The lowest BCUT2D eigenvalue weighted by Crippen LogP contribution is -2.60. The molecule has 1 heterocycles. The van der Waals surface area contributed by atoms with Crippen LogP contribution in [0.15, 0.2) is 54.6 Å². The Kier molecular flexibility index (Phi) is 6.30. The molecule has 0 spiro atoms. The number of ether oxygens (including phenoxy) is 3. The van der Waals surface area contributed by atoms with E-state index in [9.17, 15) is 20.1 Å². The molecule has 0 saturated carbocycles. The highest BCUT2D eigenvalue weighted by atomic mass is 35.5. The summed E-state index contributed by atoms with van der Waals surface area (Å²) in [6, 6.07) is 14.7. The van der Waals surface area contributed by atoms with E-state index >= 15 is 0 Å². The van der Waals surface area contributed by atoms with Crippen LogP contribution in [0.5, 0.6) is 5.75 Å². The number of carbonyl (C=O) groups is 1. The summed E-state index contributed by atoms with van der Waals surface area (Å²) < 4.78 is 16.2. The average Bonchev–Trinajstić information content (AvgIpc) is 2.68. The van der Waals surface area contributed by atoms with E-state index in [0.717, 1.165) is 0 Å². The van der Waals surface area contributed by atoms with Crippen LogP contribution in [0.1, 0.15) is 10.4 Å². The van der Waals surface area contributed by atoms with Crippen LogP contribution in [-0.4, -0.2) is 58.6 Å². The maximum atomic E-state index is 12.1. The van der Waals surface area contributed by atoms with Crippen molar-refractivity contribution in [2.75, 3.05) is 6.61 Å². The third-order valence-electron chi connectivity index (χ3n) is 4.12. The van der Waals surface area contributed by atoms with Crippen LogP contribution in [0.3, 0.4) is 0 Å². The molecule has 5 atom stereocenters. The summed E-state index contributed by atoms with van der Waals surface area (Å²) in [6.45, 7) is -0.332. The smallest absolute Gasteiger partial charge is 0.338 e. The average molecular weight is 395 g/mol. The zero-order valence-electron chi connectivity index (χ0n) is 14.1. The van der Waals surface area contributed by atoms with Gasteiger partial charge in [0, 0.05) is 5.02 Å². The van der Waals surface area contributed by atoms with Crippen molar-refractivity contribution in [3.63, 3.8) is 0 Å². The highest BCUT2D eigenvalue weighted by Gasteiger charge is 2.45. The van der Waals surface area contributed by atoms with E-state index in [4.69, 9.17) is 25.8 Å². The SMILES string of the molecule is O=C(OC[C@H]1O[C@@H](Oc2ccccc2)[C@H](O)[C@@H](O)[C@H]1O)c1ccc(Cl)cc1. The van der Waals surface area contributed by atoms with Gasteiger partial charge in [0.25, 0.3) is 0 Å². The maximum Gasteiger partial charge on any atom is 0.338 e. The van der Waals surface area contributed by atoms with Crippen LogP contribution < -0.4 is 4.74 Å². The Hall–Kier alpha value is -2.16. The van der Waals surface area contributed by atoms with Crippen molar-refractivity contribution in [1.82, 2.24) is 0 Å². The largest absolute Gasteiger partial charge is 0.462 e. The number of halogens is 1. The molecule has 8 heteroatoms. The molecule has 0 aromatic heterocycles. The lowest BCUT2D eigenvalue weighted by molar-refractivity contribution is -0.277. The Labute approximate surface area is 160 Å². The van der Waals surface area contributed by atoms with Crippen molar-refractivity contribution in [1.29, 1.82) is 0 Å². The molecule has 144 valence electrons. The fourth-order valence-corrected chi connectivity index (χ4v) is 2.74. The van der Waals surface area contributed by atoms with Crippen molar-refractivity contribution in [3.05, 3.63) is 65.2 Å². The van der Waals surface area contributed by atoms with Gasteiger partial charge in [0.05, 0.1) is 5.56 Å². The molecule has 0 amide bonds. The Balaban J connectivity index is 1.63. The number of aliphatic hydroxyl groups is 3. The summed E-state index contributed by atoms with van der Waals surface area (Å²) in [5.74, 6) is -0.217. The molecule has 27 heavy (non-hydrogen) atoms. The summed E-state index contributed by atoms with van der Waals surface area (Å²) in [5.41, 5.74) is 0.280. The molecule has 1 fully saturated rings. The monoisotopic (exact) mass is 394 g/mol. The Morgan fingerprint density at radius 3 is 2.30 bits per heavy atom. The quantitative estimate of drug-likeness (QED) is 0.658. The third-order valence-corrected chi connectivity index (χ3v) is 4.37. The minimum Gasteiger partial charge on any atom is -0.462 e. The van der Waals surface area contributed by atoms with E-state index < -0.39 is 36.7 Å². The minimum atomic E-state index is -1.52. The Bertz CT molecular complexity index is 752. The second-order valence-electron chi connectivity index (χ2n) is 6.05. The van der Waals surface area contributed by atoms with Gasteiger partial charge in [-0.1, -0.05) is 29.8 Å². The molecule has 0 radical (unpaired) electrons. The second-order valence-corrected chi connectivity index (χ2v) is 6.49. The molecule has 3 rings (SSSR count). The lowest BCUT2D eigenvalue weighted by Gasteiger charge is -2.39. The number of benzene rings is 2. The summed E-state index contributed by atoms with van der Waals surface area (Å²) in [6.07, 6.45) is -6.75. The summed E-state index contributed by atoms with van der Waals surface area (Å²) in [4.78, 5) is 12.1. The number of para-hydroxylation sites is 1. The van der Waals surface area contributed by atoms with Gasteiger partial charge in [-0.2, -0.15) is 0 Å². The van der Waals surface area contributed by atoms with Gasteiger partial charge in [-0.05, 0) is 36.4 Å². The first-order chi connectivity index (χ1) is 13.0. The normalized spacial score (nSPS) is 27.8. The van der Waals surface area contributed by atoms with E-state index in [-0.39, 0.29) is 12.2 Å². The standard InChI is InChI=1S/C19H19ClO7/c20-12-8-6-11(7-9-12)18(24)25-10-14-15(21)16(22)17(23)19(27-14)26-13-4-2-1-3-5-13/h1-9,14-17,19,21-23H,10H2/t14-,15+,16+,17-,19-/m1/s1. The predicted molar refractivity (Wildman–Crippen MR) is 95.5 cm³/mol. The van der Waals surface area contributed by atoms with Crippen LogP contribution in [0.4, 0.5) is 0 Å². The summed E-state index contributed by atoms with van der Waals surface area (Å²) in [5, 5.41) is 30.7. The highest BCUT2D eigenvalue weighted by molar-refractivity contribution is 6.30. The molecule has 3 N–H and O–H groups in total. The molecule has 0 aliphatic carbocycles. The van der Waals surface area contributed by atoms with Crippen molar-refractivity contribution >= 4 is 17.6 Å². The molecular formula is C19H19ClO7. The van der Waals surface area contributed by atoms with Gasteiger partial charge >= 0.3 is 5.97 Å². The maximum absolute atomic E-state index is 12.1. The van der Waals surface area contributed by atoms with Crippen molar-refractivity contribution in [2.45, 2.75) is 30.7 Å². The number of esters is 1. The van der Waals surface area contributed by atoms with Gasteiger partial charge in [0.15, 0.2) is 0 Å². The van der Waals surface area contributed by atoms with E-state index in [1.165, 1.54) is 12.1 Å². The number of hydrogen-bond donors (Lipinski definition) is 3. The molecule has 2 aromatic carbocycles. The second kappa shape index (κ2) is 8.69.